The molecule has 20 heavy (non-hydrogen) atoms. The van der Waals surface area contributed by atoms with Crippen molar-refractivity contribution in [3.8, 4) is 0 Å². The number of nitrogens with zero attached hydrogens (tertiary/aromatic N) is 1. The first-order valence-electron chi connectivity index (χ1n) is 8.13. The van der Waals surface area contributed by atoms with E-state index in [4.69, 9.17) is 4.74 Å². The Morgan fingerprint density at radius 1 is 1.20 bits per heavy atom. The number of amides is 1. The van der Waals surface area contributed by atoms with Crippen LogP contribution in [0.3, 0.4) is 0 Å². The van der Waals surface area contributed by atoms with Crippen molar-refractivity contribution >= 4 is 11.7 Å². The lowest BCUT2D eigenvalue weighted by atomic mass is 9.81. The minimum Gasteiger partial charge on any atom is -0.368 e. The summed E-state index contributed by atoms with van der Waals surface area (Å²) < 4.78 is 5.63. The Morgan fingerprint density at radius 2 is 2.05 bits per heavy atom. The van der Waals surface area contributed by atoms with E-state index in [-0.39, 0.29) is 24.0 Å². The summed E-state index contributed by atoms with van der Waals surface area (Å²) in [6.07, 6.45) is 6.55. The topological polar surface area (TPSA) is 46.6 Å². The number of hydrogen-bond acceptors (Lipinski definition) is 3. The highest BCUT2D eigenvalue weighted by Crippen LogP contribution is 2.34. The van der Waals surface area contributed by atoms with E-state index < -0.39 is 0 Å². The fraction of sp³-hybridized carbons (Fsp3) is 0.875. The second-order valence-corrected chi connectivity index (χ2v) is 6.62. The smallest absolute Gasteiger partial charge is 0.252 e. The van der Waals surface area contributed by atoms with Gasteiger partial charge in [0, 0.05) is 31.5 Å². The predicted molar refractivity (Wildman–Crippen MR) is 75.2 cm³/mol. The molecule has 0 aromatic carbocycles. The van der Waals surface area contributed by atoms with E-state index in [1.165, 1.54) is 0 Å². The van der Waals surface area contributed by atoms with Crippen molar-refractivity contribution in [1.29, 1.82) is 0 Å². The van der Waals surface area contributed by atoms with E-state index in [1.807, 2.05) is 4.90 Å². The van der Waals surface area contributed by atoms with Crippen molar-refractivity contribution in [2.75, 3.05) is 13.2 Å². The summed E-state index contributed by atoms with van der Waals surface area (Å²) in [6.45, 7) is 3.59. The summed E-state index contributed by atoms with van der Waals surface area (Å²) >= 11 is 0. The van der Waals surface area contributed by atoms with E-state index in [9.17, 15) is 9.59 Å². The van der Waals surface area contributed by atoms with E-state index in [0.717, 1.165) is 45.1 Å². The van der Waals surface area contributed by atoms with Gasteiger partial charge < -0.3 is 9.64 Å². The summed E-state index contributed by atoms with van der Waals surface area (Å²) in [4.78, 5) is 26.8. The summed E-state index contributed by atoms with van der Waals surface area (Å²) in [6, 6.07) is 0.145. The molecular weight excluding hydrogens is 254 g/mol. The number of Topliss-reactive ketones (excluding diaryl/α,β-unsaturated/α-hetero) is 1. The number of carbonyl (C=O) groups excluding carboxylic acids is 2. The highest BCUT2D eigenvalue weighted by molar-refractivity contribution is 5.85. The fourth-order valence-corrected chi connectivity index (χ4v) is 4.08. The van der Waals surface area contributed by atoms with Crippen molar-refractivity contribution < 1.29 is 14.3 Å². The van der Waals surface area contributed by atoms with Crippen molar-refractivity contribution in [1.82, 2.24) is 4.90 Å². The molecule has 1 aliphatic carbocycles. The highest BCUT2D eigenvalue weighted by atomic mass is 16.5. The van der Waals surface area contributed by atoms with Gasteiger partial charge in [0.2, 0.25) is 0 Å². The van der Waals surface area contributed by atoms with Gasteiger partial charge >= 0.3 is 0 Å². The number of likely N-dealkylation sites (tertiary alicyclic amines) is 1. The second-order valence-electron chi connectivity index (χ2n) is 6.62. The first-order chi connectivity index (χ1) is 9.68. The molecule has 0 N–H and O–H groups in total. The quantitative estimate of drug-likeness (QED) is 0.778. The van der Waals surface area contributed by atoms with Gasteiger partial charge in [0.15, 0.2) is 0 Å². The van der Waals surface area contributed by atoms with Crippen LogP contribution in [-0.2, 0) is 14.3 Å². The monoisotopic (exact) mass is 279 g/mol. The van der Waals surface area contributed by atoms with Crippen LogP contribution in [0.25, 0.3) is 0 Å². The van der Waals surface area contributed by atoms with Crippen molar-refractivity contribution in [2.45, 2.75) is 64.0 Å². The number of rotatable bonds is 2. The van der Waals surface area contributed by atoms with Crippen LogP contribution in [0.15, 0.2) is 0 Å². The normalized spacial score (nSPS) is 38.5. The van der Waals surface area contributed by atoms with E-state index in [1.54, 1.807) is 0 Å². The average molecular weight is 279 g/mol. The first kappa shape index (κ1) is 14.1. The Bertz CT molecular complexity index is 395. The third-order valence-corrected chi connectivity index (χ3v) is 5.28. The van der Waals surface area contributed by atoms with Crippen molar-refractivity contribution in [3.63, 3.8) is 0 Å². The minimum absolute atomic E-state index is 0.0897. The minimum atomic E-state index is -0.269. The Balaban J connectivity index is 1.71. The Hall–Kier alpha value is -0.900. The molecule has 0 bridgehead atoms. The summed E-state index contributed by atoms with van der Waals surface area (Å²) in [5.41, 5.74) is 0. The van der Waals surface area contributed by atoms with Crippen LogP contribution in [0, 0.1) is 11.8 Å². The van der Waals surface area contributed by atoms with Crippen LogP contribution in [-0.4, -0.2) is 41.9 Å². The van der Waals surface area contributed by atoms with Gasteiger partial charge in [-0.3, -0.25) is 9.59 Å². The predicted octanol–water partition coefficient (Wildman–Crippen LogP) is 2.16. The third kappa shape index (κ3) is 2.50. The van der Waals surface area contributed by atoms with Gasteiger partial charge in [-0.2, -0.15) is 0 Å². The van der Waals surface area contributed by atoms with E-state index >= 15 is 0 Å². The molecule has 112 valence electrons. The first-order valence-corrected chi connectivity index (χ1v) is 8.13. The van der Waals surface area contributed by atoms with Gasteiger partial charge in [0.05, 0.1) is 0 Å². The van der Waals surface area contributed by atoms with E-state index in [0.29, 0.717) is 24.7 Å². The molecular formula is C16H25NO3. The summed E-state index contributed by atoms with van der Waals surface area (Å²) in [5, 5.41) is 0. The molecule has 2 aliphatic heterocycles. The maximum absolute atomic E-state index is 12.7. The zero-order valence-electron chi connectivity index (χ0n) is 12.3. The fourth-order valence-electron chi connectivity index (χ4n) is 4.08. The molecule has 2 heterocycles. The van der Waals surface area contributed by atoms with Gasteiger partial charge in [0.1, 0.15) is 11.9 Å². The lowest BCUT2D eigenvalue weighted by Gasteiger charge is -2.34. The lowest BCUT2D eigenvalue weighted by Crippen LogP contribution is -2.48. The summed E-state index contributed by atoms with van der Waals surface area (Å²) in [7, 11) is 0. The van der Waals surface area contributed by atoms with Crippen LogP contribution >= 0.6 is 0 Å². The Kier molecular flexibility index (Phi) is 4.11. The largest absolute Gasteiger partial charge is 0.368 e. The van der Waals surface area contributed by atoms with Gasteiger partial charge in [-0.15, -0.1) is 0 Å². The third-order valence-electron chi connectivity index (χ3n) is 5.28. The van der Waals surface area contributed by atoms with Crippen LogP contribution < -0.4 is 0 Å². The molecule has 4 heteroatoms. The second kappa shape index (κ2) is 5.84. The Labute approximate surface area is 120 Å². The average Bonchev–Trinajstić information content (AvgIpc) is 3.07. The number of hydrogen-bond donors (Lipinski definition) is 0. The molecule has 0 aromatic rings. The van der Waals surface area contributed by atoms with Crippen LogP contribution in [0.2, 0.25) is 0 Å². The highest BCUT2D eigenvalue weighted by Gasteiger charge is 2.43. The van der Waals surface area contributed by atoms with Crippen LogP contribution in [0.1, 0.15) is 51.9 Å². The number of ketones is 1. The van der Waals surface area contributed by atoms with Gasteiger partial charge in [-0.25, -0.2) is 0 Å². The van der Waals surface area contributed by atoms with Gasteiger partial charge in [0.25, 0.3) is 5.91 Å². The van der Waals surface area contributed by atoms with Crippen LogP contribution in [0.5, 0.6) is 0 Å². The zero-order valence-corrected chi connectivity index (χ0v) is 12.3. The molecule has 4 unspecified atom stereocenters. The Morgan fingerprint density at radius 3 is 2.75 bits per heavy atom. The molecule has 0 aromatic heterocycles. The zero-order chi connectivity index (χ0) is 14.1. The lowest BCUT2D eigenvalue weighted by molar-refractivity contribution is -0.145. The van der Waals surface area contributed by atoms with E-state index in [2.05, 4.69) is 6.92 Å². The van der Waals surface area contributed by atoms with Crippen LogP contribution in [0.4, 0.5) is 0 Å². The molecule has 4 nitrogen and oxygen atoms in total. The SMILES string of the molecule is CC1CCOC1C(=O)N1CCCC1C1CCCCC1=O. The van der Waals surface area contributed by atoms with Crippen molar-refractivity contribution in [3.05, 3.63) is 0 Å². The van der Waals surface area contributed by atoms with Crippen molar-refractivity contribution in [2.24, 2.45) is 11.8 Å². The number of carbonyl (C=O) groups is 2. The molecule has 0 radical (unpaired) electrons. The standard InChI is InChI=1S/C16H25NO3/c1-11-8-10-20-15(11)16(19)17-9-4-6-13(17)12-5-2-3-7-14(12)18/h11-13,15H,2-10H2,1H3. The maximum Gasteiger partial charge on any atom is 0.252 e. The molecule has 3 aliphatic rings. The van der Waals surface area contributed by atoms with Gasteiger partial charge in [-0.1, -0.05) is 13.3 Å². The molecule has 2 saturated heterocycles. The maximum atomic E-state index is 12.7. The molecule has 1 amide bonds. The molecule has 3 rings (SSSR count). The molecule has 3 fully saturated rings. The summed E-state index contributed by atoms with van der Waals surface area (Å²) in [5.74, 6) is 0.912. The van der Waals surface area contributed by atoms with Gasteiger partial charge in [-0.05, 0) is 38.0 Å². The molecule has 4 atom stereocenters. The molecule has 0 spiro atoms. The number of ether oxygens (including phenoxy) is 1. The molecule has 1 saturated carbocycles.